The third kappa shape index (κ3) is 6.03. The molecule has 1 saturated carbocycles. The van der Waals surface area contributed by atoms with Gasteiger partial charge >= 0.3 is 0 Å². The minimum Gasteiger partial charge on any atom is -0.492 e. The Hall–Kier alpha value is -3.81. The van der Waals surface area contributed by atoms with E-state index >= 15 is 0 Å². The van der Waals surface area contributed by atoms with Crippen LogP contribution in [-0.4, -0.2) is 69.8 Å². The predicted octanol–water partition coefficient (Wildman–Crippen LogP) is 2.69. The van der Waals surface area contributed by atoms with Gasteiger partial charge in [0.05, 0.1) is 55.3 Å². The van der Waals surface area contributed by atoms with Crippen LogP contribution in [0, 0.1) is 12.8 Å². The monoisotopic (exact) mass is 597 g/mol. The molecule has 42 heavy (non-hydrogen) atoms. The number of carbonyl (C=O) groups excluding carboxylic acids is 1. The van der Waals surface area contributed by atoms with Crippen LogP contribution >= 0.6 is 0 Å². The van der Waals surface area contributed by atoms with Gasteiger partial charge in [-0.1, -0.05) is 19.9 Å². The van der Waals surface area contributed by atoms with Crippen molar-refractivity contribution >= 4 is 38.8 Å². The molecule has 5 rings (SSSR count). The Kier molecular flexibility index (Phi) is 7.86. The summed E-state index contributed by atoms with van der Waals surface area (Å²) >= 11 is 0. The van der Waals surface area contributed by atoms with E-state index in [9.17, 15) is 18.3 Å². The van der Waals surface area contributed by atoms with Gasteiger partial charge in [-0.2, -0.15) is 0 Å². The number of nitrogens with one attached hydrogen (secondary N) is 4. The number of nitrogens with zero attached hydrogens (tertiary/aromatic N) is 3. The fraction of sp³-hybridized carbons (Fsp3) is 0.448. The van der Waals surface area contributed by atoms with Gasteiger partial charge in [0, 0.05) is 30.1 Å². The van der Waals surface area contributed by atoms with Crippen LogP contribution in [0.15, 0.2) is 47.2 Å². The lowest BCUT2D eigenvalue weighted by Gasteiger charge is -2.26. The number of sulfonamides is 1. The number of hydrogen-bond donors (Lipinski definition) is 5. The van der Waals surface area contributed by atoms with E-state index in [2.05, 4.69) is 32.9 Å². The fourth-order valence-corrected chi connectivity index (χ4v) is 5.72. The van der Waals surface area contributed by atoms with E-state index in [1.807, 2.05) is 38.0 Å². The maximum atomic E-state index is 13.6. The molecule has 5 N–H and O–H groups in total. The molecule has 2 aromatic rings. The lowest BCUT2D eigenvalue weighted by atomic mass is 9.85. The molecule has 2 aliphatic heterocycles. The maximum Gasteiger partial charge on any atom is 0.255 e. The Labute approximate surface area is 246 Å². The number of ether oxygens (including phenoxy) is 1. The summed E-state index contributed by atoms with van der Waals surface area (Å²) in [7, 11) is -0.174. The van der Waals surface area contributed by atoms with Gasteiger partial charge in [0.25, 0.3) is 5.91 Å². The number of amidine groups is 1. The Bertz CT molecular complexity index is 1570. The van der Waals surface area contributed by atoms with E-state index in [4.69, 9.17) is 9.73 Å². The molecule has 1 amide bonds. The molecule has 0 bridgehead atoms. The molecule has 0 aromatic heterocycles. The first-order valence-electron chi connectivity index (χ1n) is 13.8. The molecule has 226 valence electrons. The van der Waals surface area contributed by atoms with Crippen LogP contribution in [-0.2, 0) is 15.4 Å². The Morgan fingerprint density at radius 2 is 1.93 bits per heavy atom. The highest BCUT2D eigenvalue weighted by molar-refractivity contribution is 7.92. The summed E-state index contributed by atoms with van der Waals surface area (Å²) in [5.74, 6) is 1.50. The zero-order chi connectivity index (χ0) is 30.4. The van der Waals surface area contributed by atoms with Crippen LogP contribution < -0.4 is 30.7 Å². The van der Waals surface area contributed by atoms with Gasteiger partial charge in [0.2, 0.25) is 10.0 Å². The van der Waals surface area contributed by atoms with E-state index in [0.29, 0.717) is 23.6 Å². The quantitative estimate of drug-likeness (QED) is 0.279. The zero-order valence-electron chi connectivity index (χ0n) is 24.8. The molecule has 1 aliphatic carbocycles. The number of amides is 1. The third-order valence-corrected chi connectivity index (χ3v) is 8.48. The van der Waals surface area contributed by atoms with E-state index in [1.54, 1.807) is 24.3 Å². The molecule has 12 nitrogen and oxygen atoms in total. The van der Waals surface area contributed by atoms with Crippen molar-refractivity contribution in [3.8, 4) is 5.75 Å². The first-order valence-corrected chi connectivity index (χ1v) is 15.7. The number of methoxy groups -OCH3 is 1. The van der Waals surface area contributed by atoms with Gasteiger partial charge in [-0.05, 0) is 55.2 Å². The minimum atomic E-state index is -3.65. The predicted molar refractivity (Wildman–Crippen MR) is 164 cm³/mol. The second-order valence-corrected chi connectivity index (χ2v) is 13.5. The normalized spacial score (nSPS) is 18.9. The molecule has 2 heterocycles. The number of benzene rings is 2. The first kappa shape index (κ1) is 29.7. The standard InChI is InChI=1S/C29H39N7O5S/c1-17-7-8-19(11-24(17)36-15-23(32-34-36)25-14-30-27(35(25)4)18-9-10-18)28(38)31-21-12-20(29(2,3)16-37)13-22(26(21)41-5)33-42(6,39)40/h7-8,11-13,15,18,25,32-34,37H,9-10,14,16H2,1-6H3,(H,31,38). The molecule has 2 aromatic carbocycles. The molecule has 0 radical (unpaired) electrons. The van der Waals surface area contributed by atoms with Crippen molar-refractivity contribution in [1.29, 1.82) is 0 Å². The number of aliphatic hydroxyl groups excluding tert-OH is 1. The van der Waals surface area contributed by atoms with Gasteiger partial charge in [-0.3, -0.25) is 19.5 Å². The number of aliphatic hydroxyl groups is 1. The average molecular weight is 598 g/mol. The van der Waals surface area contributed by atoms with Crippen LogP contribution in [0.1, 0.15) is 48.2 Å². The van der Waals surface area contributed by atoms with Crippen LogP contribution in [0.25, 0.3) is 0 Å². The van der Waals surface area contributed by atoms with Gasteiger partial charge in [0.1, 0.15) is 5.84 Å². The van der Waals surface area contributed by atoms with Crippen LogP contribution in [0.2, 0.25) is 0 Å². The molecular formula is C29H39N7O5S. The summed E-state index contributed by atoms with van der Waals surface area (Å²) in [5.41, 5.74) is 9.92. The van der Waals surface area contributed by atoms with Gasteiger partial charge in [-0.15, -0.1) is 5.53 Å². The number of rotatable bonds is 10. The van der Waals surface area contributed by atoms with Gasteiger partial charge in [0.15, 0.2) is 5.75 Å². The average Bonchev–Trinajstić information content (AvgIpc) is 3.52. The van der Waals surface area contributed by atoms with E-state index in [-0.39, 0.29) is 29.8 Å². The Morgan fingerprint density at radius 1 is 1.21 bits per heavy atom. The lowest BCUT2D eigenvalue weighted by molar-refractivity contribution is 0.102. The van der Waals surface area contributed by atoms with E-state index < -0.39 is 21.3 Å². The van der Waals surface area contributed by atoms with Crippen LogP contribution in [0.4, 0.5) is 17.1 Å². The number of anilines is 3. The highest BCUT2D eigenvalue weighted by Crippen LogP contribution is 2.40. The molecule has 0 saturated heterocycles. The molecule has 1 unspecified atom stereocenters. The van der Waals surface area contributed by atoms with Crippen LogP contribution in [0.5, 0.6) is 5.75 Å². The van der Waals surface area contributed by atoms with Crippen LogP contribution in [0.3, 0.4) is 0 Å². The highest BCUT2D eigenvalue weighted by atomic mass is 32.2. The van der Waals surface area contributed by atoms with Gasteiger partial charge in [-0.25, -0.2) is 8.42 Å². The summed E-state index contributed by atoms with van der Waals surface area (Å²) in [5, 5.41) is 14.7. The smallest absolute Gasteiger partial charge is 0.255 e. The summed E-state index contributed by atoms with van der Waals surface area (Å²) < 4.78 is 32.2. The minimum absolute atomic E-state index is 0.113. The topological polar surface area (TPSA) is 148 Å². The van der Waals surface area contributed by atoms with E-state index in [0.717, 1.165) is 23.2 Å². The summed E-state index contributed by atoms with van der Waals surface area (Å²) in [6.07, 6.45) is 5.42. The summed E-state index contributed by atoms with van der Waals surface area (Å²) in [6, 6.07) is 8.79. The third-order valence-electron chi connectivity index (χ3n) is 7.89. The lowest BCUT2D eigenvalue weighted by Crippen LogP contribution is -2.42. The second-order valence-electron chi connectivity index (χ2n) is 11.8. The van der Waals surface area contributed by atoms with Crippen molar-refractivity contribution in [3.63, 3.8) is 0 Å². The number of hydrazine groups is 2. The number of aliphatic imine (C=N–C) groups is 1. The maximum absolute atomic E-state index is 13.6. The Balaban J connectivity index is 1.41. The molecule has 3 aliphatic rings. The van der Waals surface area contributed by atoms with Crippen molar-refractivity contribution < 1.29 is 23.1 Å². The molecule has 13 heteroatoms. The van der Waals surface area contributed by atoms with E-state index in [1.165, 1.54) is 25.8 Å². The van der Waals surface area contributed by atoms with Crippen molar-refractivity contribution in [2.24, 2.45) is 10.9 Å². The number of likely N-dealkylation sites (N-methyl/N-ethyl adjacent to an activating group) is 1. The summed E-state index contributed by atoms with van der Waals surface area (Å²) in [6.45, 7) is 6.11. The zero-order valence-corrected chi connectivity index (χ0v) is 25.6. The molecule has 1 atom stereocenters. The van der Waals surface area contributed by atoms with Crippen molar-refractivity contribution in [2.75, 3.05) is 48.6 Å². The largest absolute Gasteiger partial charge is 0.492 e. The molecular weight excluding hydrogens is 558 g/mol. The van der Waals surface area contributed by atoms with Crippen molar-refractivity contribution in [3.05, 3.63) is 58.9 Å². The van der Waals surface area contributed by atoms with Crippen molar-refractivity contribution in [1.82, 2.24) is 15.9 Å². The fourth-order valence-electron chi connectivity index (χ4n) is 5.17. The molecule has 1 fully saturated rings. The van der Waals surface area contributed by atoms with Crippen molar-refractivity contribution in [2.45, 2.75) is 45.1 Å². The highest BCUT2D eigenvalue weighted by Gasteiger charge is 2.38. The van der Waals surface area contributed by atoms with Gasteiger partial charge < -0.3 is 25.5 Å². The first-order chi connectivity index (χ1) is 19.8. The number of aryl methyl sites for hydroxylation is 1. The summed E-state index contributed by atoms with van der Waals surface area (Å²) in [4.78, 5) is 20.6. The Morgan fingerprint density at radius 3 is 2.57 bits per heavy atom. The number of hydrogen-bond acceptors (Lipinski definition) is 10. The second kappa shape index (κ2) is 11.1. The SMILES string of the molecule is COc1c(NC(=O)c2ccc(C)c(N3C=C(C4CN=C(C5CC5)N4C)NN3)c2)cc(C(C)(C)CO)cc1NS(C)(=O)=O. The number of carbonyl (C=O) groups is 1. The molecule has 0 spiro atoms.